The quantitative estimate of drug-likeness (QED) is 0.468. The average Bonchev–Trinajstić information content (AvgIpc) is 3.18. The lowest BCUT2D eigenvalue weighted by molar-refractivity contribution is 0.483. The molecule has 0 saturated carbocycles. The summed E-state index contributed by atoms with van der Waals surface area (Å²) in [6, 6.07) is 18.9. The molecule has 0 aliphatic rings. The number of aryl methyl sites for hydroxylation is 1. The van der Waals surface area contributed by atoms with Gasteiger partial charge in [-0.2, -0.15) is 10.2 Å². The van der Waals surface area contributed by atoms with E-state index < -0.39 is 0 Å². The summed E-state index contributed by atoms with van der Waals surface area (Å²) in [5, 5.41) is 9.04. The average molecular weight is 400 g/mol. The largest absolute Gasteiger partial charge is 0.457 e. The Bertz CT molecular complexity index is 1210. The maximum Gasteiger partial charge on any atom is 0.267 e. The van der Waals surface area contributed by atoms with Gasteiger partial charge in [0.1, 0.15) is 17.2 Å². The fraction of sp³-hybridized carbons (Fsp3) is 0.208. The van der Waals surface area contributed by atoms with Gasteiger partial charge in [0.05, 0.1) is 6.20 Å². The number of aromatic nitrogens is 4. The van der Waals surface area contributed by atoms with Crippen LogP contribution in [0.4, 0.5) is 0 Å². The zero-order chi connectivity index (χ0) is 21.1. The van der Waals surface area contributed by atoms with E-state index in [-0.39, 0.29) is 5.56 Å². The Labute approximate surface area is 175 Å². The zero-order valence-electron chi connectivity index (χ0n) is 17.3. The molecule has 4 rings (SSSR count). The van der Waals surface area contributed by atoms with Crippen molar-refractivity contribution < 1.29 is 4.74 Å². The van der Waals surface area contributed by atoms with Crippen molar-refractivity contribution >= 4 is 0 Å². The molecular formula is C24H24N4O2. The monoisotopic (exact) mass is 400 g/mol. The number of benzene rings is 2. The molecule has 2 aromatic heterocycles. The predicted molar refractivity (Wildman–Crippen MR) is 117 cm³/mol. The first-order valence-corrected chi connectivity index (χ1v) is 9.95. The van der Waals surface area contributed by atoms with Gasteiger partial charge in [0.25, 0.3) is 5.56 Å². The Balaban J connectivity index is 1.83. The molecule has 0 aliphatic carbocycles. The Kier molecular flexibility index (Phi) is 5.48. The molecule has 6 heteroatoms. The van der Waals surface area contributed by atoms with Gasteiger partial charge >= 0.3 is 0 Å². The van der Waals surface area contributed by atoms with Crippen LogP contribution in [-0.4, -0.2) is 19.6 Å². The minimum absolute atomic E-state index is 0.174. The number of para-hydroxylation sites is 2. The molecule has 0 saturated heterocycles. The maximum atomic E-state index is 12.4. The molecule has 0 aliphatic heterocycles. The third-order valence-electron chi connectivity index (χ3n) is 4.70. The van der Waals surface area contributed by atoms with Crippen molar-refractivity contribution in [3.63, 3.8) is 0 Å². The van der Waals surface area contributed by atoms with E-state index in [0.29, 0.717) is 17.4 Å². The van der Waals surface area contributed by atoms with Crippen LogP contribution in [0.3, 0.4) is 0 Å². The van der Waals surface area contributed by atoms with Gasteiger partial charge in [0.2, 0.25) is 0 Å². The molecule has 0 N–H and O–H groups in total. The second kappa shape index (κ2) is 8.37. The fourth-order valence-corrected chi connectivity index (χ4v) is 3.30. The molecule has 0 fully saturated rings. The van der Waals surface area contributed by atoms with E-state index >= 15 is 0 Å². The minimum atomic E-state index is -0.174. The van der Waals surface area contributed by atoms with Crippen molar-refractivity contribution in [2.45, 2.75) is 20.4 Å². The summed E-state index contributed by atoms with van der Waals surface area (Å²) in [5.41, 5.74) is 2.89. The zero-order valence-corrected chi connectivity index (χ0v) is 17.3. The van der Waals surface area contributed by atoms with Crippen LogP contribution in [0, 0.1) is 5.92 Å². The van der Waals surface area contributed by atoms with Crippen LogP contribution in [0.1, 0.15) is 13.8 Å². The van der Waals surface area contributed by atoms with E-state index in [9.17, 15) is 4.79 Å². The normalized spacial score (nSPS) is 11.1. The van der Waals surface area contributed by atoms with Gasteiger partial charge in [-0.3, -0.25) is 9.48 Å². The van der Waals surface area contributed by atoms with Crippen LogP contribution in [0.2, 0.25) is 0 Å². The Morgan fingerprint density at radius 2 is 1.73 bits per heavy atom. The first kappa shape index (κ1) is 19.6. The third-order valence-corrected chi connectivity index (χ3v) is 4.70. The van der Waals surface area contributed by atoms with Crippen molar-refractivity contribution in [2.24, 2.45) is 13.0 Å². The molecule has 0 spiro atoms. The van der Waals surface area contributed by atoms with Crippen molar-refractivity contribution in [3.8, 4) is 33.9 Å². The molecule has 0 amide bonds. The Morgan fingerprint density at radius 1 is 1.00 bits per heavy atom. The van der Waals surface area contributed by atoms with Crippen molar-refractivity contribution in [1.29, 1.82) is 0 Å². The Hall–Kier alpha value is -3.67. The molecule has 0 atom stereocenters. The van der Waals surface area contributed by atoms with E-state index in [0.717, 1.165) is 29.0 Å². The van der Waals surface area contributed by atoms with Crippen molar-refractivity contribution in [3.05, 3.63) is 83.4 Å². The van der Waals surface area contributed by atoms with Crippen LogP contribution >= 0.6 is 0 Å². The van der Waals surface area contributed by atoms with E-state index in [4.69, 9.17) is 4.74 Å². The first-order chi connectivity index (χ1) is 14.5. The standard InChI is InChI=1S/C24H24N4O2/c1-17(2)15-28-16-18(14-25-28)21-13-23(29)27(3)26-24(21)20-11-7-8-12-22(20)30-19-9-5-4-6-10-19/h4-14,16-17H,15H2,1-3H3. The summed E-state index contributed by atoms with van der Waals surface area (Å²) >= 11 is 0. The molecule has 4 aromatic rings. The van der Waals surface area contributed by atoms with Crippen LogP contribution in [-0.2, 0) is 13.6 Å². The molecule has 30 heavy (non-hydrogen) atoms. The topological polar surface area (TPSA) is 61.9 Å². The molecule has 2 aromatic carbocycles. The molecular weight excluding hydrogens is 376 g/mol. The molecule has 0 unspecified atom stereocenters. The molecule has 152 valence electrons. The van der Waals surface area contributed by atoms with Gasteiger partial charge in [-0.05, 0) is 30.2 Å². The first-order valence-electron chi connectivity index (χ1n) is 9.95. The number of rotatable bonds is 6. The number of ether oxygens (including phenoxy) is 1. The molecule has 2 heterocycles. The highest BCUT2D eigenvalue weighted by Gasteiger charge is 2.17. The summed E-state index contributed by atoms with van der Waals surface area (Å²) in [5.74, 6) is 1.88. The molecule has 0 radical (unpaired) electrons. The fourth-order valence-electron chi connectivity index (χ4n) is 3.30. The molecule has 0 bridgehead atoms. The van der Waals surface area contributed by atoms with Crippen LogP contribution in [0.15, 0.2) is 77.9 Å². The summed E-state index contributed by atoms with van der Waals surface area (Å²) < 4.78 is 9.37. The highest BCUT2D eigenvalue weighted by molar-refractivity contribution is 5.82. The van der Waals surface area contributed by atoms with Gasteiger partial charge < -0.3 is 4.74 Å². The van der Waals surface area contributed by atoms with E-state index in [2.05, 4.69) is 24.0 Å². The maximum absolute atomic E-state index is 12.4. The van der Waals surface area contributed by atoms with Crippen LogP contribution in [0.25, 0.3) is 22.4 Å². The predicted octanol–water partition coefficient (Wildman–Crippen LogP) is 4.76. The molecule has 6 nitrogen and oxygen atoms in total. The van der Waals surface area contributed by atoms with Gasteiger partial charge in [-0.15, -0.1) is 0 Å². The number of hydrogen-bond donors (Lipinski definition) is 0. The second-order valence-electron chi connectivity index (χ2n) is 7.62. The number of hydrogen-bond acceptors (Lipinski definition) is 4. The number of nitrogens with zero attached hydrogens (tertiary/aromatic N) is 4. The van der Waals surface area contributed by atoms with Gasteiger partial charge in [0.15, 0.2) is 0 Å². The Morgan fingerprint density at radius 3 is 2.50 bits per heavy atom. The van der Waals surface area contributed by atoms with Gasteiger partial charge in [0, 0.05) is 42.5 Å². The van der Waals surface area contributed by atoms with E-state index in [1.54, 1.807) is 19.3 Å². The summed E-state index contributed by atoms with van der Waals surface area (Å²) in [6.07, 6.45) is 3.74. The van der Waals surface area contributed by atoms with Crippen LogP contribution < -0.4 is 10.3 Å². The summed E-state index contributed by atoms with van der Waals surface area (Å²) in [7, 11) is 1.65. The van der Waals surface area contributed by atoms with Crippen molar-refractivity contribution in [2.75, 3.05) is 0 Å². The van der Waals surface area contributed by atoms with Gasteiger partial charge in [-0.1, -0.05) is 44.2 Å². The van der Waals surface area contributed by atoms with E-state index in [1.165, 1.54) is 4.68 Å². The third kappa shape index (κ3) is 4.17. The smallest absolute Gasteiger partial charge is 0.267 e. The highest BCUT2D eigenvalue weighted by atomic mass is 16.5. The minimum Gasteiger partial charge on any atom is -0.457 e. The highest BCUT2D eigenvalue weighted by Crippen LogP contribution is 2.36. The van der Waals surface area contributed by atoms with Crippen molar-refractivity contribution in [1.82, 2.24) is 19.6 Å². The lowest BCUT2D eigenvalue weighted by Crippen LogP contribution is -2.19. The summed E-state index contributed by atoms with van der Waals surface area (Å²) in [6.45, 7) is 5.09. The second-order valence-corrected chi connectivity index (χ2v) is 7.62. The lowest BCUT2D eigenvalue weighted by atomic mass is 10.0. The lowest BCUT2D eigenvalue weighted by Gasteiger charge is -2.14. The van der Waals surface area contributed by atoms with Gasteiger partial charge in [-0.25, -0.2) is 4.68 Å². The summed E-state index contributed by atoms with van der Waals surface area (Å²) in [4.78, 5) is 12.4. The SMILES string of the molecule is CC(C)Cn1cc(-c2cc(=O)n(C)nc2-c2ccccc2Oc2ccccc2)cn1. The van der Waals surface area contributed by atoms with E-state index in [1.807, 2.05) is 65.5 Å². The van der Waals surface area contributed by atoms with Crippen LogP contribution in [0.5, 0.6) is 11.5 Å².